The Morgan fingerprint density at radius 3 is 2.55 bits per heavy atom. The highest BCUT2D eigenvalue weighted by atomic mass is 32.1. The topological polar surface area (TPSA) is 62.3 Å². The van der Waals surface area contributed by atoms with Crippen molar-refractivity contribution in [1.82, 2.24) is 4.98 Å². The Labute approximate surface area is 133 Å². The van der Waals surface area contributed by atoms with E-state index < -0.39 is 0 Å². The average Bonchev–Trinajstić information content (AvgIpc) is 3.05. The highest BCUT2D eigenvalue weighted by molar-refractivity contribution is 7.15. The second-order valence-electron chi connectivity index (χ2n) is 5.31. The Morgan fingerprint density at radius 2 is 2.00 bits per heavy atom. The maximum Gasteiger partial charge on any atom is 0.257 e. The molecule has 0 radical (unpaired) electrons. The largest absolute Gasteiger partial charge is 0.312 e. The summed E-state index contributed by atoms with van der Waals surface area (Å²) in [6, 6.07) is 7.11. The van der Waals surface area contributed by atoms with E-state index >= 15 is 0 Å². The van der Waals surface area contributed by atoms with Crippen molar-refractivity contribution in [3.8, 4) is 0 Å². The van der Waals surface area contributed by atoms with E-state index in [9.17, 15) is 9.59 Å². The third kappa shape index (κ3) is 2.87. The smallest absolute Gasteiger partial charge is 0.257 e. The molecule has 6 heteroatoms. The molecule has 3 rings (SSSR count). The minimum Gasteiger partial charge on any atom is -0.312 e. The van der Waals surface area contributed by atoms with Crippen molar-refractivity contribution in [2.45, 2.75) is 26.7 Å². The monoisotopic (exact) mass is 315 g/mol. The molecule has 0 atom stereocenters. The lowest BCUT2D eigenvalue weighted by molar-refractivity contribution is -0.117. The Hall–Kier alpha value is -2.21. The molecule has 22 heavy (non-hydrogen) atoms. The maximum absolute atomic E-state index is 12.2. The zero-order chi connectivity index (χ0) is 15.7. The molecule has 2 amide bonds. The third-order valence-electron chi connectivity index (χ3n) is 3.76. The number of hydrogen-bond donors (Lipinski definition) is 1. The van der Waals surface area contributed by atoms with Crippen LogP contribution in [0.15, 0.2) is 24.3 Å². The number of carbonyl (C=O) groups is 2. The van der Waals surface area contributed by atoms with Crippen LogP contribution in [0.3, 0.4) is 0 Å². The molecule has 2 aromatic rings. The number of amides is 2. The van der Waals surface area contributed by atoms with Gasteiger partial charge in [0.25, 0.3) is 5.91 Å². The van der Waals surface area contributed by atoms with Gasteiger partial charge in [0.1, 0.15) is 0 Å². The highest BCUT2D eigenvalue weighted by Gasteiger charge is 2.21. The summed E-state index contributed by atoms with van der Waals surface area (Å²) in [5.74, 6) is -0.0426. The first-order chi connectivity index (χ1) is 10.5. The number of nitrogens with one attached hydrogen (secondary N) is 1. The lowest BCUT2D eigenvalue weighted by atomic mass is 10.2. The van der Waals surface area contributed by atoms with Crippen LogP contribution in [-0.2, 0) is 4.79 Å². The molecule has 1 fully saturated rings. The SMILES string of the molecule is Cc1nc(NC(=O)c2ccc(N3CCCC3=O)cc2)sc1C. The summed E-state index contributed by atoms with van der Waals surface area (Å²) in [5.41, 5.74) is 2.34. The number of thiazole rings is 1. The minimum absolute atomic E-state index is 0.144. The van der Waals surface area contributed by atoms with Crippen molar-refractivity contribution in [3.05, 3.63) is 40.4 Å². The first kappa shape index (κ1) is 14.7. The highest BCUT2D eigenvalue weighted by Crippen LogP contribution is 2.23. The van der Waals surface area contributed by atoms with Gasteiger partial charge in [-0.1, -0.05) is 0 Å². The van der Waals surface area contributed by atoms with Crippen LogP contribution in [0.5, 0.6) is 0 Å². The van der Waals surface area contributed by atoms with Crippen molar-refractivity contribution < 1.29 is 9.59 Å². The zero-order valence-corrected chi connectivity index (χ0v) is 13.4. The van der Waals surface area contributed by atoms with Crippen LogP contribution in [0, 0.1) is 13.8 Å². The summed E-state index contributed by atoms with van der Waals surface area (Å²) in [4.78, 5) is 31.1. The fraction of sp³-hybridized carbons (Fsp3) is 0.312. The molecule has 1 aromatic heterocycles. The second kappa shape index (κ2) is 5.88. The average molecular weight is 315 g/mol. The molecule has 1 aliphatic rings. The quantitative estimate of drug-likeness (QED) is 0.946. The molecule has 0 unspecified atom stereocenters. The maximum atomic E-state index is 12.2. The number of benzene rings is 1. The summed E-state index contributed by atoms with van der Waals surface area (Å²) in [7, 11) is 0. The predicted octanol–water partition coefficient (Wildman–Crippen LogP) is 3.14. The van der Waals surface area contributed by atoms with E-state index in [1.54, 1.807) is 17.0 Å². The lowest BCUT2D eigenvalue weighted by Crippen LogP contribution is -2.23. The van der Waals surface area contributed by atoms with Crippen LogP contribution >= 0.6 is 11.3 Å². The van der Waals surface area contributed by atoms with E-state index in [0.29, 0.717) is 17.1 Å². The molecule has 1 N–H and O–H groups in total. The van der Waals surface area contributed by atoms with Crippen molar-refractivity contribution in [2.75, 3.05) is 16.8 Å². The third-order valence-corrected chi connectivity index (χ3v) is 4.75. The number of aryl methyl sites for hydroxylation is 2. The first-order valence-electron chi connectivity index (χ1n) is 7.20. The van der Waals surface area contributed by atoms with Crippen molar-refractivity contribution in [2.24, 2.45) is 0 Å². The minimum atomic E-state index is -0.187. The summed E-state index contributed by atoms with van der Waals surface area (Å²) in [6.45, 7) is 4.65. The summed E-state index contributed by atoms with van der Waals surface area (Å²) in [5, 5.41) is 3.42. The van der Waals surface area contributed by atoms with E-state index in [1.165, 1.54) is 11.3 Å². The molecule has 0 saturated carbocycles. The van der Waals surface area contributed by atoms with E-state index in [2.05, 4.69) is 10.3 Å². The van der Waals surface area contributed by atoms with E-state index in [4.69, 9.17) is 0 Å². The van der Waals surface area contributed by atoms with E-state index in [-0.39, 0.29) is 11.8 Å². The Bertz CT molecular complexity index is 702. The van der Waals surface area contributed by atoms with Gasteiger partial charge in [0, 0.05) is 29.1 Å². The van der Waals surface area contributed by atoms with Crippen molar-refractivity contribution in [3.63, 3.8) is 0 Å². The van der Waals surface area contributed by atoms with Crippen LogP contribution in [-0.4, -0.2) is 23.3 Å². The number of carbonyl (C=O) groups excluding carboxylic acids is 2. The van der Waals surface area contributed by atoms with Gasteiger partial charge in [0.15, 0.2) is 5.13 Å². The molecule has 0 spiro atoms. The van der Waals surface area contributed by atoms with Gasteiger partial charge >= 0.3 is 0 Å². The Balaban J connectivity index is 1.72. The van der Waals surface area contributed by atoms with E-state index in [1.807, 2.05) is 26.0 Å². The summed E-state index contributed by atoms with van der Waals surface area (Å²) in [6.07, 6.45) is 1.49. The van der Waals surface area contributed by atoms with Gasteiger partial charge in [-0.2, -0.15) is 0 Å². The van der Waals surface area contributed by atoms with Gasteiger partial charge in [-0.05, 0) is 44.5 Å². The Morgan fingerprint density at radius 1 is 1.27 bits per heavy atom. The molecule has 114 valence electrons. The lowest BCUT2D eigenvalue weighted by Gasteiger charge is -2.15. The molecule has 1 saturated heterocycles. The van der Waals surface area contributed by atoms with Crippen LogP contribution in [0.4, 0.5) is 10.8 Å². The van der Waals surface area contributed by atoms with Gasteiger partial charge in [-0.15, -0.1) is 11.3 Å². The van der Waals surface area contributed by atoms with Gasteiger partial charge in [0.2, 0.25) is 5.91 Å². The van der Waals surface area contributed by atoms with Crippen molar-refractivity contribution >= 4 is 34.0 Å². The first-order valence-corrected chi connectivity index (χ1v) is 8.02. The molecule has 5 nitrogen and oxygen atoms in total. The zero-order valence-electron chi connectivity index (χ0n) is 12.5. The van der Waals surface area contributed by atoms with Crippen LogP contribution in [0.25, 0.3) is 0 Å². The van der Waals surface area contributed by atoms with Crippen molar-refractivity contribution in [1.29, 1.82) is 0 Å². The number of aromatic nitrogens is 1. The second-order valence-corrected chi connectivity index (χ2v) is 6.51. The molecule has 0 bridgehead atoms. The summed E-state index contributed by atoms with van der Waals surface area (Å²) < 4.78 is 0. The summed E-state index contributed by atoms with van der Waals surface area (Å²) >= 11 is 1.47. The number of anilines is 2. The number of rotatable bonds is 3. The van der Waals surface area contributed by atoms with Gasteiger partial charge in [0.05, 0.1) is 5.69 Å². The molecular formula is C16H17N3O2S. The number of hydrogen-bond acceptors (Lipinski definition) is 4. The van der Waals surface area contributed by atoms with Gasteiger partial charge in [-0.3, -0.25) is 14.9 Å². The standard InChI is InChI=1S/C16H17N3O2S/c1-10-11(2)22-16(17-10)18-15(21)12-5-7-13(8-6-12)19-9-3-4-14(19)20/h5-8H,3-4,9H2,1-2H3,(H,17,18,21). The van der Waals surface area contributed by atoms with Gasteiger partial charge < -0.3 is 4.90 Å². The predicted molar refractivity (Wildman–Crippen MR) is 87.6 cm³/mol. The molecule has 1 aliphatic heterocycles. The molecule has 2 heterocycles. The fourth-order valence-corrected chi connectivity index (χ4v) is 3.22. The normalized spacial score (nSPS) is 14.5. The van der Waals surface area contributed by atoms with E-state index in [0.717, 1.165) is 29.2 Å². The Kier molecular flexibility index (Phi) is 3.94. The number of nitrogens with zero attached hydrogens (tertiary/aromatic N) is 2. The van der Waals surface area contributed by atoms with Crippen LogP contribution in [0.1, 0.15) is 33.8 Å². The molecule has 1 aromatic carbocycles. The molecule has 0 aliphatic carbocycles. The fourth-order valence-electron chi connectivity index (χ4n) is 2.41. The molecular weight excluding hydrogens is 298 g/mol. The van der Waals surface area contributed by atoms with Crippen LogP contribution in [0.2, 0.25) is 0 Å². The van der Waals surface area contributed by atoms with Crippen LogP contribution < -0.4 is 10.2 Å². The van der Waals surface area contributed by atoms with Gasteiger partial charge in [-0.25, -0.2) is 4.98 Å².